The van der Waals surface area contributed by atoms with Crippen LogP contribution in [0.15, 0.2) is 30.3 Å². The van der Waals surface area contributed by atoms with Crippen molar-refractivity contribution in [3.8, 4) is 5.92 Å². The minimum absolute atomic E-state index is 0. The Hall–Kier alpha value is 0.0397. The maximum Gasteiger partial charge on any atom is 0 e. The van der Waals surface area contributed by atoms with Crippen LogP contribution < -0.4 is 0 Å². The molecule has 2 aliphatic carbocycles. The minimum atomic E-state index is 0. The molecule has 11 radical (unpaired) electrons. The zero-order chi connectivity index (χ0) is 12.9. The Balaban J connectivity index is 0.000000259. The van der Waals surface area contributed by atoms with E-state index in [4.69, 9.17) is 6.42 Å². The molecule has 99 valence electrons. The van der Waals surface area contributed by atoms with E-state index in [1.54, 1.807) is 0 Å². The Morgan fingerprint density at radius 1 is 0.579 bits per heavy atom. The summed E-state index contributed by atoms with van der Waals surface area (Å²) in [4.78, 5) is 0. The van der Waals surface area contributed by atoms with Gasteiger partial charge in [-0.1, -0.05) is 18.2 Å². The first-order valence-corrected chi connectivity index (χ1v) is 5.74. The second kappa shape index (κ2) is 14.4. The summed E-state index contributed by atoms with van der Waals surface area (Å²) in [6.07, 6.45) is 26.7. The largest absolute Gasteiger partial charge is 0.366 e. The average molecular weight is 396 g/mol. The van der Waals surface area contributed by atoms with Gasteiger partial charge in [-0.25, -0.2) is 0 Å². The fourth-order valence-electron chi connectivity index (χ4n) is 1.16. The van der Waals surface area contributed by atoms with E-state index in [1.165, 1.54) is 0 Å². The van der Waals surface area contributed by atoms with E-state index in [0.717, 1.165) is 5.56 Å². The summed E-state index contributed by atoms with van der Waals surface area (Å²) in [6.45, 7) is 0. The van der Waals surface area contributed by atoms with E-state index >= 15 is 0 Å². The third-order valence-corrected chi connectivity index (χ3v) is 2.03. The van der Waals surface area contributed by atoms with Gasteiger partial charge >= 0.3 is 0 Å². The molecule has 0 bridgehead atoms. The summed E-state index contributed by atoms with van der Waals surface area (Å²) < 4.78 is 0. The van der Waals surface area contributed by atoms with Crippen LogP contribution >= 0.6 is 0 Å². The van der Waals surface area contributed by atoms with Crippen LogP contribution in [-0.4, -0.2) is 0 Å². The normalized spacial score (nSPS) is 15.9. The molecular weight excluding hydrogens is 381 g/mol. The average Bonchev–Trinajstić information content (AvgIpc) is 3.17. The molecule has 19 heavy (non-hydrogen) atoms. The van der Waals surface area contributed by atoms with Crippen LogP contribution in [0, 0.1) is 114 Å². The first-order chi connectivity index (χ1) is 8.93. The predicted molar refractivity (Wildman–Crippen MR) is 75.7 cm³/mol. The van der Waals surface area contributed by atoms with Crippen molar-refractivity contribution < 1.29 is 37.7 Å². The quantitative estimate of drug-likeness (QED) is 0.357. The Morgan fingerprint density at radius 2 is 0.895 bits per heavy atom. The van der Waals surface area contributed by atoms with Gasteiger partial charge in [-0.3, -0.25) is 5.92 Å². The summed E-state index contributed by atoms with van der Waals surface area (Å²) in [6, 6.07) is 9.37. The molecule has 3 rings (SSSR count). The standard InChI is InChI=1S/C8H5.2C5H5.Ho/c1-2-8-6-4-3-5-7-8;2*1-2-4-5-3-1;/h3-7H;2*1-5H;/q-1;;;. The fraction of sp³-hybridized carbons (Fsp3) is 0. The summed E-state index contributed by atoms with van der Waals surface area (Å²) in [5.41, 5.74) is 0.826. The van der Waals surface area contributed by atoms with Crippen LogP contribution in [0.3, 0.4) is 0 Å². The Kier molecular flexibility index (Phi) is 14.5. The number of hydrogen-bond donors (Lipinski definition) is 0. The number of benzene rings is 1. The van der Waals surface area contributed by atoms with Gasteiger partial charge in [-0.2, -0.15) is 0 Å². The smallest absolute Gasteiger partial charge is 0 e. The zero-order valence-corrected chi connectivity index (χ0v) is 12.4. The van der Waals surface area contributed by atoms with Crippen molar-refractivity contribution in [2.24, 2.45) is 0 Å². The van der Waals surface area contributed by atoms with Gasteiger partial charge in [0.05, 0.1) is 0 Å². The van der Waals surface area contributed by atoms with Crippen LogP contribution in [0.5, 0.6) is 0 Å². The van der Waals surface area contributed by atoms with Gasteiger partial charge < -0.3 is 6.42 Å². The third kappa shape index (κ3) is 11.6. The second-order valence-corrected chi connectivity index (χ2v) is 3.42. The van der Waals surface area contributed by atoms with Crippen molar-refractivity contribution in [2.45, 2.75) is 0 Å². The van der Waals surface area contributed by atoms with Crippen molar-refractivity contribution in [1.82, 2.24) is 0 Å². The zero-order valence-electron chi connectivity index (χ0n) is 10.5. The van der Waals surface area contributed by atoms with Gasteiger partial charge in [-0.05, 0) is 64.2 Å². The second-order valence-electron chi connectivity index (χ2n) is 3.42. The van der Waals surface area contributed by atoms with Crippen LogP contribution in [0.25, 0.3) is 0 Å². The summed E-state index contributed by atoms with van der Waals surface area (Å²) in [5, 5.41) is 0. The van der Waals surface area contributed by atoms with Crippen LogP contribution in [-0.2, 0) is 0 Å². The summed E-state index contributed by atoms with van der Waals surface area (Å²) >= 11 is 0. The molecule has 2 saturated carbocycles. The van der Waals surface area contributed by atoms with Crippen molar-refractivity contribution in [1.29, 1.82) is 0 Å². The molecule has 1 aromatic rings. The van der Waals surface area contributed by atoms with Crippen LogP contribution in [0.2, 0.25) is 0 Å². The number of rotatable bonds is 0. The van der Waals surface area contributed by atoms with E-state index in [-0.39, 0.29) is 37.7 Å². The van der Waals surface area contributed by atoms with Crippen LogP contribution in [0.1, 0.15) is 5.56 Å². The molecule has 0 atom stereocenters. The summed E-state index contributed by atoms with van der Waals surface area (Å²) in [7, 11) is 0. The molecule has 2 aliphatic rings. The topological polar surface area (TPSA) is 0 Å². The van der Waals surface area contributed by atoms with Crippen molar-refractivity contribution >= 4 is 0 Å². The van der Waals surface area contributed by atoms with E-state index in [1.807, 2.05) is 94.5 Å². The molecule has 1 aromatic carbocycles. The molecule has 0 N–H and O–H groups in total. The molecule has 0 spiro atoms. The Bertz CT molecular complexity index is 290. The van der Waals surface area contributed by atoms with Gasteiger partial charge in [-0.15, -0.1) is 17.7 Å². The maximum absolute atomic E-state index is 6.69. The van der Waals surface area contributed by atoms with Crippen molar-refractivity contribution in [3.63, 3.8) is 0 Å². The van der Waals surface area contributed by atoms with Gasteiger partial charge in [0.2, 0.25) is 0 Å². The molecule has 0 amide bonds. The predicted octanol–water partition coefficient (Wildman–Crippen LogP) is 3.67. The Labute approximate surface area is 149 Å². The Morgan fingerprint density at radius 3 is 1.11 bits per heavy atom. The van der Waals surface area contributed by atoms with Crippen molar-refractivity contribution in [3.05, 3.63) is 107 Å². The maximum atomic E-state index is 6.69. The van der Waals surface area contributed by atoms with Crippen LogP contribution in [0.4, 0.5) is 0 Å². The molecule has 0 unspecified atom stereocenters. The number of hydrogen-bond acceptors (Lipinski definition) is 0. The van der Waals surface area contributed by atoms with E-state index in [0.29, 0.717) is 0 Å². The molecule has 2 fully saturated rings. The molecular formula is C18H15Ho-. The molecule has 0 aliphatic heterocycles. The van der Waals surface area contributed by atoms with E-state index in [2.05, 4.69) is 5.92 Å². The first-order valence-electron chi connectivity index (χ1n) is 5.74. The first kappa shape index (κ1) is 19.0. The SMILES string of the molecule is [C-]#Cc1ccccc1.[CH]1[CH][CH][CH][CH]1.[CH]1[CH][CH][CH][CH]1.[Ho]. The van der Waals surface area contributed by atoms with Crippen molar-refractivity contribution in [2.75, 3.05) is 0 Å². The molecule has 1 heteroatoms. The molecule has 0 saturated heterocycles. The van der Waals surface area contributed by atoms with Gasteiger partial charge in [0, 0.05) is 37.7 Å². The third-order valence-electron chi connectivity index (χ3n) is 2.03. The fourth-order valence-corrected chi connectivity index (χ4v) is 1.16. The van der Waals surface area contributed by atoms with Gasteiger partial charge in [0.25, 0.3) is 0 Å². The molecule has 0 aromatic heterocycles. The molecule has 0 nitrogen and oxygen atoms in total. The summed E-state index contributed by atoms with van der Waals surface area (Å²) in [5.74, 6) is 2.28. The van der Waals surface area contributed by atoms with E-state index < -0.39 is 0 Å². The van der Waals surface area contributed by atoms with Gasteiger partial charge in [0.15, 0.2) is 0 Å². The van der Waals surface area contributed by atoms with E-state index in [9.17, 15) is 0 Å². The minimum Gasteiger partial charge on any atom is -0.366 e. The molecule has 0 heterocycles. The monoisotopic (exact) mass is 396 g/mol. The van der Waals surface area contributed by atoms with Gasteiger partial charge in [0.1, 0.15) is 0 Å².